The smallest absolute Gasteiger partial charge is 0.272 e. The van der Waals surface area contributed by atoms with E-state index in [0.717, 1.165) is 48.4 Å². The zero-order chi connectivity index (χ0) is 22.1. The third-order valence-electron chi connectivity index (χ3n) is 6.69. The molecule has 6 heteroatoms. The van der Waals surface area contributed by atoms with Gasteiger partial charge in [-0.2, -0.15) is 5.26 Å². The SMILES string of the molecule is Cn1c(-c2ccc(C3CC3)cc2)c(-c2ccc(C#N)nc2)nc(CC[C@H]2CCNC2)c1=O. The summed E-state index contributed by atoms with van der Waals surface area (Å²) in [6, 6.07) is 14.1. The molecule has 5 rings (SSSR count). The van der Waals surface area contributed by atoms with Gasteiger partial charge < -0.3 is 9.88 Å². The predicted molar refractivity (Wildman–Crippen MR) is 124 cm³/mol. The zero-order valence-electron chi connectivity index (χ0n) is 18.3. The number of aromatic nitrogens is 3. The highest BCUT2D eigenvalue weighted by molar-refractivity contribution is 5.78. The van der Waals surface area contributed by atoms with Crippen LogP contribution in [-0.2, 0) is 13.5 Å². The number of pyridine rings is 1. The average Bonchev–Trinajstić information content (AvgIpc) is 3.55. The fourth-order valence-corrected chi connectivity index (χ4v) is 4.62. The minimum atomic E-state index is -0.0393. The number of nitrogens with one attached hydrogen (secondary N) is 1. The van der Waals surface area contributed by atoms with Crippen molar-refractivity contribution in [3.63, 3.8) is 0 Å². The highest BCUT2D eigenvalue weighted by Gasteiger charge is 2.24. The largest absolute Gasteiger partial charge is 0.316 e. The van der Waals surface area contributed by atoms with Crippen molar-refractivity contribution >= 4 is 0 Å². The Balaban J connectivity index is 1.58. The van der Waals surface area contributed by atoms with E-state index in [9.17, 15) is 4.79 Å². The first-order valence-corrected chi connectivity index (χ1v) is 11.4. The maximum Gasteiger partial charge on any atom is 0.272 e. The predicted octanol–water partition coefficient (Wildman–Crippen LogP) is 3.80. The molecule has 0 radical (unpaired) electrons. The van der Waals surface area contributed by atoms with E-state index in [2.05, 4.69) is 40.6 Å². The molecule has 0 amide bonds. The van der Waals surface area contributed by atoms with Crippen LogP contribution in [0.3, 0.4) is 0 Å². The Morgan fingerprint density at radius 3 is 2.53 bits per heavy atom. The summed E-state index contributed by atoms with van der Waals surface area (Å²) in [5.41, 5.74) is 5.58. The molecule has 2 aliphatic rings. The van der Waals surface area contributed by atoms with Gasteiger partial charge in [-0.1, -0.05) is 24.3 Å². The molecular formula is C26H27N5O. The molecule has 1 saturated carbocycles. The van der Waals surface area contributed by atoms with Gasteiger partial charge in [0, 0.05) is 24.4 Å². The number of hydrogen-bond donors (Lipinski definition) is 1. The van der Waals surface area contributed by atoms with Crippen LogP contribution in [-0.4, -0.2) is 27.6 Å². The topological polar surface area (TPSA) is 83.6 Å². The van der Waals surface area contributed by atoms with Gasteiger partial charge in [0.05, 0.1) is 11.4 Å². The van der Waals surface area contributed by atoms with E-state index in [0.29, 0.717) is 29.6 Å². The van der Waals surface area contributed by atoms with Gasteiger partial charge in [0.1, 0.15) is 17.5 Å². The van der Waals surface area contributed by atoms with Gasteiger partial charge in [0.25, 0.3) is 5.56 Å². The number of rotatable bonds is 6. The number of nitriles is 1. The summed E-state index contributed by atoms with van der Waals surface area (Å²) >= 11 is 0. The summed E-state index contributed by atoms with van der Waals surface area (Å²) in [6.07, 6.45) is 6.96. The maximum absolute atomic E-state index is 13.3. The second-order valence-electron chi connectivity index (χ2n) is 8.96. The highest BCUT2D eigenvalue weighted by atomic mass is 16.1. The van der Waals surface area contributed by atoms with Gasteiger partial charge in [-0.25, -0.2) is 9.97 Å². The van der Waals surface area contributed by atoms with Gasteiger partial charge in [0.2, 0.25) is 0 Å². The minimum absolute atomic E-state index is 0.0393. The summed E-state index contributed by atoms with van der Waals surface area (Å²) < 4.78 is 1.73. The van der Waals surface area contributed by atoms with Crippen LogP contribution >= 0.6 is 0 Å². The van der Waals surface area contributed by atoms with E-state index < -0.39 is 0 Å². The van der Waals surface area contributed by atoms with Crippen molar-refractivity contribution in [2.75, 3.05) is 13.1 Å². The van der Waals surface area contributed by atoms with Crippen LogP contribution < -0.4 is 10.9 Å². The Morgan fingerprint density at radius 1 is 1.12 bits per heavy atom. The van der Waals surface area contributed by atoms with Crippen LogP contribution in [0.5, 0.6) is 0 Å². The number of benzene rings is 1. The molecule has 1 aliphatic carbocycles. The van der Waals surface area contributed by atoms with Crippen LogP contribution in [0.25, 0.3) is 22.5 Å². The lowest BCUT2D eigenvalue weighted by atomic mass is 9.99. The van der Waals surface area contributed by atoms with Gasteiger partial charge >= 0.3 is 0 Å². The lowest BCUT2D eigenvalue weighted by Gasteiger charge is -2.17. The molecule has 32 heavy (non-hydrogen) atoms. The molecule has 3 heterocycles. The molecule has 3 aromatic rings. The van der Waals surface area contributed by atoms with E-state index in [1.807, 2.05) is 13.1 Å². The normalized spacial score (nSPS) is 17.9. The number of hydrogen-bond acceptors (Lipinski definition) is 5. The Kier molecular flexibility index (Phi) is 5.59. The van der Waals surface area contributed by atoms with Crippen molar-refractivity contribution in [1.82, 2.24) is 19.9 Å². The second kappa shape index (κ2) is 8.68. The molecule has 1 saturated heterocycles. The fraction of sp³-hybridized carbons (Fsp3) is 0.385. The Labute approximate surface area is 188 Å². The third kappa shape index (κ3) is 4.09. The van der Waals surface area contributed by atoms with E-state index in [4.69, 9.17) is 10.2 Å². The quantitative estimate of drug-likeness (QED) is 0.649. The van der Waals surface area contributed by atoms with Gasteiger partial charge in [-0.3, -0.25) is 4.79 Å². The van der Waals surface area contributed by atoms with Crippen molar-refractivity contribution in [3.05, 3.63) is 69.9 Å². The summed E-state index contributed by atoms with van der Waals surface area (Å²) in [5, 5.41) is 12.5. The summed E-state index contributed by atoms with van der Waals surface area (Å²) in [5.74, 6) is 1.27. The molecule has 2 aromatic heterocycles. The van der Waals surface area contributed by atoms with Gasteiger partial charge in [-0.05, 0) is 74.7 Å². The van der Waals surface area contributed by atoms with E-state index in [1.165, 1.54) is 18.4 Å². The molecule has 1 aliphatic heterocycles. The van der Waals surface area contributed by atoms with Crippen molar-refractivity contribution in [3.8, 4) is 28.6 Å². The Hall–Kier alpha value is -3.30. The highest BCUT2D eigenvalue weighted by Crippen LogP contribution is 2.41. The summed E-state index contributed by atoms with van der Waals surface area (Å²) in [7, 11) is 1.83. The van der Waals surface area contributed by atoms with Crippen LogP contribution in [0.4, 0.5) is 0 Å². The molecule has 0 unspecified atom stereocenters. The first kappa shape index (κ1) is 20.6. The van der Waals surface area contributed by atoms with Crippen LogP contribution in [0.2, 0.25) is 0 Å². The van der Waals surface area contributed by atoms with Gasteiger partial charge in [-0.15, -0.1) is 0 Å². The fourth-order valence-electron chi connectivity index (χ4n) is 4.62. The molecule has 2 fully saturated rings. The van der Waals surface area contributed by atoms with E-state index >= 15 is 0 Å². The molecule has 6 nitrogen and oxygen atoms in total. The number of nitrogens with zero attached hydrogens (tertiary/aromatic N) is 4. The van der Waals surface area contributed by atoms with Crippen LogP contribution in [0.1, 0.15) is 48.6 Å². The second-order valence-corrected chi connectivity index (χ2v) is 8.96. The summed E-state index contributed by atoms with van der Waals surface area (Å²) in [6.45, 7) is 2.06. The molecule has 1 N–H and O–H groups in total. The van der Waals surface area contributed by atoms with Crippen molar-refractivity contribution < 1.29 is 0 Å². The first-order valence-electron chi connectivity index (χ1n) is 11.4. The van der Waals surface area contributed by atoms with E-state index in [1.54, 1.807) is 16.8 Å². The lowest BCUT2D eigenvalue weighted by Crippen LogP contribution is -2.26. The van der Waals surface area contributed by atoms with Crippen molar-refractivity contribution in [1.29, 1.82) is 5.26 Å². The minimum Gasteiger partial charge on any atom is -0.316 e. The molecule has 162 valence electrons. The van der Waals surface area contributed by atoms with Gasteiger partial charge in [0.15, 0.2) is 0 Å². The molecule has 1 atom stereocenters. The Bertz CT molecular complexity index is 1210. The first-order chi connectivity index (χ1) is 15.6. The average molecular weight is 426 g/mol. The standard InChI is InChI=1S/C26H27N5O/c1-31-25(20-7-5-19(6-8-20)18-3-4-18)24(21-9-10-22(14-27)29-16-21)30-23(26(31)32)11-2-17-12-13-28-15-17/h5-10,16-18,28H,2-4,11-13,15H2,1H3/t17-/m0/s1. The Morgan fingerprint density at radius 2 is 1.91 bits per heavy atom. The molecule has 0 spiro atoms. The monoisotopic (exact) mass is 425 g/mol. The molecule has 1 aromatic carbocycles. The van der Waals surface area contributed by atoms with Crippen LogP contribution in [0, 0.1) is 17.2 Å². The third-order valence-corrected chi connectivity index (χ3v) is 6.69. The summed E-state index contributed by atoms with van der Waals surface area (Å²) in [4.78, 5) is 22.4. The van der Waals surface area contributed by atoms with E-state index in [-0.39, 0.29) is 5.56 Å². The zero-order valence-corrected chi connectivity index (χ0v) is 18.3. The molecule has 0 bridgehead atoms. The van der Waals surface area contributed by atoms with Crippen molar-refractivity contribution in [2.45, 2.75) is 38.0 Å². The maximum atomic E-state index is 13.3. The van der Waals surface area contributed by atoms with Crippen LogP contribution in [0.15, 0.2) is 47.4 Å². The molecular weight excluding hydrogens is 398 g/mol. The number of aryl methyl sites for hydroxylation is 1. The van der Waals surface area contributed by atoms with Crippen molar-refractivity contribution in [2.24, 2.45) is 13.0 Å². The lowest BCUT2D eigenvalue weighted by molar-refractivity contribution is 0.526.